The maximum atomic E-state index is 10.9. The fourth-order valence-corrected chi connectivity index (χ4v) is 0.984. The molecule has 0 saturated carbocycles. The summed E-state index contributed by atoms with van der Waals surface area (Å²) in [6, 6.07) is 1.73. The number of nitrogens with zero attached hydrogens (tertiary/aromatic N) is 2. The van der Waals surface area contributed by atoms with Crippen molar-refractivity contribution in [3.8, 4) is 0 Å². The minimum Gasteiger partial charge on any atom is -0.453 e. The average Bonchev–Trinajstić information content (AvgIpc) is 2.54. The highest BCUT2D eigenvalue weighted by atomic mass is 16.5. The molecule has 0 atom stereocenters. The second kappa shape index (κ2) is 4.49. The number of carbonyl (C=O) groups excluding carboxylic acids is 1. The summed E-state index contributed by atoms with van der Waals surface area (Å²) in [5, 5.41) is 6.60. The quantitative estimate of drug-likeness (QED) is 0.772. The zero-order valence-corrected chi connectivity index (χ0v) is 7.78. The summed E-state index contributed by atoms with van der Waals surface area (Å²) in [4.78, 5) is 10.9. The lowest BCUT2D eigenvalue weighted by molar-refractivity contribution is 0.186. The Hall–Kier alpha value is -1.52. The van der Waals surface area contributed by atoms with Crippen molar-refractivity contribution in [1.29, 1.82) is 0 Å². The molecule has 0 aliphatic carbocycles. The van der Waals surface area contributed by atoms with E-state index in [9.17, 15) is 4.79 Å². The van der Waals surface area contributed by atoms with Gasteiger partial charge in [0.1, 0.15) is 5.82 Å². The first-order valence-electron chi connectivity index (χ1n) is 4.14. The van der Waals surface area contributed by atoms with Crippen LogP contribution in [0.2, 0.25) is 0 Å². The van der Waals surface area contributed by atoms with Crippen LogP contribution < -0.4 is 5.32 Å². The molecule has 1 aromatic rings. The molecule has 0 radical (unpaired) electrons. The molecule has 5 nitrogen and oxygen atoms in total. The lowest BCUT2D eigenvalue weighted by atomic mass is 10.5. The van der Waals surface area contributed by atoms with E-state index in [4.69, 9.17) is 0 Å². The van der Waals surface area contributed by atoms with E-state index >= 15 is 0 Å². The molecule has 1 amide bonds. The predicted octanol–water partition coefficient (Wildman–Crippen LogP) is 1.47. The van der Waals surface area contributed by atoms with Gasteiger partial charge in [0.25, 0.3) is 0 Å². The molecule has 0 spiro atoms. The zero-order chi connectivity index (χ0) is 9.68. The van der Waals surface area contributed by atoms with Gasteiger partial charge in [-0.3, -0.25) is 5.32 Å². The van der Waals surface area contributed by atoms with Gasteiger partial charge in [0.05, 0.1) is 13.3 Å². The van der Waals surface area contributed by atoms with Crippen LogP contribution in [0.3, 0.4) is 0 Å². The number of aromatic nitrogens is 2. The van der Waals surface area contributed by atoms with Crippen LogP contribution in [0, 0.1) is 0 Å². The summed E-state index contributed by atoms with van der Waals surface area (Å²) in [7, 11) is 1.33. The number of carbonyl (C=O) groups is 1. The molecule has 5 heteroatoms. The molecule has 0 unspecified atom stereocenters. The van der Waals surface area contributed by atoms with Crippen LogP contribution in [0.4, 0.5) is 10.6 Å². The SMILES string of the molecule is CCCn1nccc1NC(=O)OC. The second-order valence-corrected chi connectivity index (χ2v) is 2.56. The van der Waals surface area contributed by atoms with E-state index in [-0.39, 0.29) is 0 Å². The molecule has 13 heavy (non-hydrogen) atoms. The van der Waals surface area contributed by atoms with E-state index in [0.29, 0.717) is 5.82 Å². The van der Waals surface area contributed by atoms with Crippen molar-refractivity contribution < 1.29 is 9.53 Å². The van der Waals surface area contributed by atoms with E-state index in [1.165, 1.54) is 7.11 Å². The van der Waals surface area contributed by atoms with Crippen LogP contribution in [0.25, 0.3) is 0 Å². The molecule has 1 aromatic heterocycles. The van der Waals surface area contributed by atoms with Gasteiger partial charge >= 0.3 is 6.09 Å². The molecule has 72 valence electrons. The van der Waals surface area contributed by atoms with Gasteiger partial charge in [-0.1, -0.05) is 6.92 Å². The summed E-state index contributed by atoms with van der Waals surface area (Å²) in [5.41, 5.74) is 0. The Balaban J connectivity index is 2.64. The molecule has 0 aliphatic heterocycles. The first-order valence-corrected chi connectivity index (χ1v) is 4.14. The number of hydrogen-bond acceptors (Lipinski definition) is 3. The monoisotopic (exact) mass is 183 g/mol. The van der Waals surface area contributed by atoms with Crippen LogP contribution in [0.5, 0.6) is 0 Å². The van der Waals surface area contributed by atoms with Crippen LogP contribution in [0.15, 0.2) is 12.3 Å². The maximum Gasteiger partial charge on any atom is 0.412 e. The Morgan fingerprint density at radius 1 is 1.77 bits per heavy atom. The van der Waals surface area contributed by atoms with Gasteiger partial charge < -0.3 is 4.74 Å². The highest BCUT2D eigenvalue weighted by Crippen LogP contribution is 2.06. The average molecular weight is 183 g/mol. The van der Waals surface area contributed by atoms with Crippen LogP contribution in [-0.2, 0) is 11.3 Å². The van der Waals surface area contributed by atoms with E-state index in [1.54, 1.807) is 16.9 Å². The summed E-state index contributed by atoms with van der Waals surface area (Å²) < 4.78 is 6.18. The lowest BCUT2D eigenvalue weighted by Gasteiger charge is -2.05. The molecule has 0 aromatic carbocycles. The number of anilines is 1. The van der Waals surface area contributed by atoms with Gasteiger partial charge in [-0.2, -0.15) is 5.10 Å². The second-order valence-electron chi connectivity index (χ2n) is 2.56. The number of hydrogen-bond donors (Lipinski definition) is 1. The molecule has 1 heterocycles. The molecule has 1 N–H and O–H groups in total. The third kappa shape index (κ3) is 2.47. The fourth-order valence-electron chi connectivity index (χ4n) is 0.984. The minimum absolute atomic E-state index is 0.474. The van der Waals surface area contributed by atoms with E-state index in [2.05, 4.69) is 15.2 Å². The van der Waals surface area contributed by atoms with Crippen molar-refractivity contribution in [2.45, 2.75) is 19.9 Å². The van der Waals surface area contributed by atoms with Crippen LogP contribution in [0.1, 0.15) is 13.3 Å². The summed E-state index contributed by atoms with van der Waals surface area (Å²) in [6.07, 6.45) is 2.14. The standard InChI is InChI=1S/C8H13N3O2/c1-3-6-11-7(4-5-9-11)10-8(12)13-2/h4-5H,3,6H2,1-2H3,(H,10,12). The zero-order valence-electron chi connectivity index (χ0n) is 7.78. The highest BCUT2D eigenvalue weighted by molar-refractivity contribution is 5.83. The van der Waals surface area contributed by atoms with Crippen LogP contribution >= 0.6 is 0 Å². The van der Waals surface area contributed by atoms with Gasteiger partial charge in [-0.05, 0) is 6.42 Å². The van der Waals surface area contributed by atoms with Gasteiger partial charge in [-0.15, -0.1) is 0 Å². The molecule has 0 fully saturated rings. The highest BCUT2D eigenvalue weighted by Gasteiger charge is 2.04. The molecule has 0 saturated heterocycles. The van der Waals surface area contributed by atoms with Crippen molar-refractivity contribution in [1.82, 2.24) is 9.78 Å². The van der Waals surface area contributed by atoms with Gasteiger partial charge in [-0.25, -0.2) is 9.48 Å². The van der Waals surface area contributed by atoms with Gasteiger partial charge in [0.2, 0.25) is 0 Å². The number of ether oxygens (including phenoxy) is 1. The number of rotatable bonds is 3. The first-order chi connectivity index (χ1) is 6.27. The van der Waals surface area contributed by atoms with Crippen LogP contribution in [-0.4, -0.2) is 23.0 Å². The van der Waals surface area contributed by atoms with E-state index in [1.807, 2.05) is 6.92 Å². The van der Waals surface area contributed by atoms with Crippen molar-refractivity contribution in [3.63, 3.8) is 0 Å². The topological polar surface area (TPSA) is 56.2 Å². The Labute approximate surface area is 76.7 Å². The Morgan fingerprint density at radius 2 is 2.54 bits per heavy atom. The number of nitrogens with one attached hydrogen (secondary N) is 1. The fraction of sp³-hybridized carbons (Fsp3) is 0.500. The largest absolute Gasteiger partial charge is 0.453 e. The number of methoxy groups -OCH3 is 1. The third-order valence-corrected chi connectivity index (χ3v) is 1.57. The lowest BCUT2D eigenvalue weighted by Crippen LogP contribution is -2.15. The van der Waals surface area contributed by atoms with E-state index < -0.39 is 6.09 Å². The Morgan fingerprint density at radius 3 is 3.15 bits per heavy atom. The van der Waals surface area contributed by atoms with Crippen molar-refractivity contribution in [3.05, 3.63) is 12.3 Å². The van der Waals surface area contributed by atoms with Gasteiger partial charge in [0.15, 0.2) is 0 Å². The molecule has 1 rings (SSSR count). The van der Waals surface area contributed by atoms with Gasteiger partial charge in [0, 0.05) is 12.6 Å². The Kier molecular flexibility index (Phi) is 3.31. The Bertz CT molecular complexity index is 283. The predicted molar refractivity (Wildman–Crippen MR) is 48.5 cm³/mol. The molecular formula is C8H13N3O2. The summed E-state index contributed by atoms with van der Waals surface area (Å²) in [5.74, 6) is 0.661. The minimum atomic E-state index is -0.474. The summed E-state index contributed by atoms with van der Waals surface area (Å²) in [6.45, 7) is 2.83. The van der Waals surface area contributed by atoms with E-state index in [0.717, 1.165) is 13.0 Å². The third-order valence-electron chi connectivity index (χ3n) is 1.57. The molecule has 0 bridgehead atoms. The normalized spacial score (nSPS) is 9.69. The smallest absolute Gasteiger partial charge is 0.412 e. The summed E-state index contributed by atoms with van der Waals surface area (Å²) >= 11 is 0. The molecular weight excluding hydrogens is 170 g/mol. The van der Waals surface area contributed by atoms with Crippen molar-refractivity contribution >= 4 is 11.9 Å². The number of amides is 1. The number of aryl methyl sites for hydroxylation is 1. The molecule has 0 aliphatic rings. The first kappa shape index (κ1) is 9.57. The van der Waals surface area contributed by atoms with Crippen molar-refractivity contribution in [2.75, 3.05) is 12.4 Å². The maximum absolute atomic E-state index is 10.9. The van der Waals surface area contributed by atoms with Crippen molar-refractivity contribution in [2.24, 2.45) is 0 Å².